The molecule has 3 rings (SSSR count). The molecule has 8 nitrogen and oxygen atoms in total. The quantitative estimate of drug-likeness (QED) is 0.315. The highest BCUT2D eigenvalue weighted by molar-refractivity contribution is 5.95. The van der Waals surface area contributed by atoms with Crippen LogP contribution in [-0.2, 0) is 28.2 Å². The summed E-state index contributed by atoms with van der Waals surface area (Å²) >= 11 is 0. The third kappa shape index (κ3) is 5.46. The number of rotatable bonds is 12. The zero-order chi connectivity index (χ0) is 23.8. The Morgan fingerprint density at radius 1 is 1.09 bits per heavy atom. The fourth-order valence-electron chi connectivity index (χ4n) is 3.87. The van der Waals surface area contributed by atoms with Crippen LogP contribution in [0.3, 0.4) is 0 Å². The lowest BCUT2D eigenvalue weighted by molar-refractivity contribution is -0.222. The number of methoxy groups -OCH3 is 2. The molecule has 176 valence electrons. The Balaban J connectivity index is 1.89. The molecule has 0 aliphatic carbocycles. The zero-order valence-corrected chi connectivity index (χ0v) is 19.7. The third-order valence-electron chi connectivity index (χ3n) is 5.87. The molecule has 8 heteroatoms. The van der Waals surface area contributed by atoms with Gasteiger partial charge in [-0.3, -0.25) is 4.98 Å². The molecule has 0 aliphatic heterocycles. The first-order valence-electron chi connectivity index (χ1n) is 11.3. The monoisotopic (exact) mass is 452 g/mol. The second-order valence-corrected chi connectivity index (χ2v) is 7.90. The van der Waals surface area contributed by atoms with E-state index in [1.54, 1.807) is 26.5 Å². The fourth-order valence-corrected chi connectivity index (χ4v) is 3.87. The first-order chi connectivity index (χ1) is 16.0. The van der Waals surface area contributed by atoms with Crippen LogP contribution in [-0.4, -0.2) is 45.0 Å². The summed E-state index contributed by atoms with van der Waals surface area (Å²) in [6, 6.07) is 9.56. The smallest absolute Gasteiger partial charge is 0.337 e. The molecule has 0 bridgehead atoms. The van der Waals surface area contributed by atoms with Crippen molar-refractivity contribution in [2.24, 2.45) is 0 Å². The van der Waals surface area contributed by atoms with Crippen molar-refractivity contribution in [1.29, 1.82) is 0 Å². The predicted molar refractivity (Wildman–Crippen MR) is 125 cm³/mol. The van der Waals surface area contributed by atoms with Crippen LogP contribution in [0.15, 0.2) is 42.7 Å². The summed E-state index contributed by atoms with van der Waals surface area (Å²) in [5.74, 6) is -0.592. The molecule has 0 aliphatic rings. The highest BCUT2D eigenvalue weighted by atomic mass is 16.7. The number of hydrogen-bond acceptors (Lipinski definition) is 6. The summed E-state index contributed by atoms with van der Waals surface area (Å²) in [5, 5.41) is 14.2. The van der Waals surface area contributed by atoms with E-state index >= 15 is 0 Å². The lowest BCUT2D eigenvalue weighted by Gasteiger charge is -2.26. The van der Waals surface area contributed by atoms with Gasteiger partial charge >= 0.3 is 5.97 Å². The summed E-state index contributed by atoms with van der Waals surface area (Å²) in [5.41, 5.74) is 2.70. The van der Waals surface area contributed by atoms with Crippen LogP contribution >= 0.6 is 0 Å². The van der Waals surface area contributed by atoms with Gasteiger partial charge in [0.2, 0.25) is 11.6 Å². The molecule has 0 atom stereocenters. The Bertz CT molecular complexity index is 1050. The molecule has 0 unspecified atom stereocenters. The SMILES string of the molecule is CCCCCn1nc(C(CC)(OC)OC)nc1Cc1ccc(-c2ccncc2C(=O)O)cc1. The maximum absolute atomic E-state index is 11.5. The second-order valence-electron chi connectivity index (χ2n) is 7.90. The average molecular weight is 453 g/mol. The number of carboxylic acids is 1. The Hall–Kier alpha value is -3.10. The Morgan fingerprint density at radius 2 is 1.82 bits per heavy atom. The van der Waals surface area contributed by atoms with E-state index in [0.29, 0.717) is 24.2 Å². The van der Waals surface area contributed by atoms with E-state index in [4.69, 9.17) is 19.6 Å². The van der Waals surface area contributed by atoms with Gasteiger partial charge in [-0.05, 0) is 29.2 Å². The molecule has 0 amide bonds. The van der Waals surface area contributed by atoms with Crippen molar-refractivity contribution in [3.8, 4) is 11.1 Å². The van der Waals surface area contributed by atoms with Gasteiger partial charge < -0.3 is 14.6 Å². The van der Waals surface area contributed by atoms with Crippen LogP contribution in [0.4, 0.5) is 0 Å². The van der Waals surface area contributed by atoms with Gasteiger partial charge in [0.1, 0.15) is 5.82 Å². The molecule has 2 heterocycles. The number of carboxylic acid groups (broad SMARTS) is 1. The van der Waals surface area contributed by atoms with E-state index in [2.05, 4.69) is 11.9 Å². The van der Waals surface area contributed by atoms with Crippen molar-refractivity contribution >= 4 is 5.97 Å². The number of hydrogen-bond donors (Lipinski definition) is 1. The Morgan fingerprint density at radius 3 is 2.42 bits per heavy atom. The topological polar surface area (TPSA) is 99.4 Å². The van der Waals surface area contributed by atoms with Crippen molar-refractivity contribution in [2.75, 3.05) is 14.2 Å². The summed E-state index contributed by atoms with van der Waals surface area (Å²) < 4.78 is 13.2. The number of pyridine rings is 1. The van der Waals surface area contributed by atoms with E-state index in [1.807, 2.05) is 35.9 Å². The summed E-state index contributed by atoms with van der Waals surface area (Å²) in [6.45, 7) is 4.93. The number of nitrogens with zero attached hydrogens (tertiary/aromatic N) is 4. The van der Waals surface area contributed by atoms with Gasteiger partial charge in [0.15, 0.2) is 0 Å². The molecule has 1 aromatic carbocycles. The molecule has 0 saturated carbocycles. The van der Waals surface area contributed by atoms with Crippen LogP contribution in [0.25, 0.3) is 11.1 Å². The zero-order valence-electron chi connectivity index (χ0n) is 19.7. The highest BCUT2D eigenvalue weighted by Gasteiger charge is 2.35. The Labute approximate surface area is 194 Å². The first-order valence-corrected chi connectivity index (χ1v) is 11.3. The van der Waals surface area contributed by atoms with Crippen molar-refractivity contribution in [1.82, 2.24) is 19.7 Å². The Kier molecular flexibility index (Phi) is 8.30. The van der Waals surface area contributed by atoms with Gasteiger partial charge in [-0.15, -0.1) is 0 Å². The average Bonchev–Trinajstić information content (AvgIpc) is 3.24. The molecular formula is C25H32N4O4. The van der Waals surface area contributed by atoms with Gasteiger partial charge in [-0.1, -0.05) is 51.0 Å². The summed E-state index contributed by atoms with van der Waals surface area (Å²) in [7, 11) is 3.21. The van der Waals surface area contributed by atoms with Crippen molar-refractivity contribution < 1.29 is 19.4 Å². The standard InChI is InChI=1S/C25H32N4O4/c1-5-7-8-15-29-22(27-24(28-29)25(6-2,32-3)33-4)16-18-9-11-19(12-10-18)20-13-14-26-17-21(20)23(30)31/h9-14,17H,5-8,15-16H2,1-4H3,(H,30,31). The molecule has 0 spiro atoms. The van der Waals surface area contributed by atoms with Gasteiger partial charge in [0.25, 0.3) is 0 Å². The first kappa shape index (κ1) is 24.5. The number of carbonyl (C=O) groups is 1. The van der Waals surface area contributed by atoms with Gasteiger partial charge in [-0.2, -0.15) is 5.10 Å². The molecule has 33 heavy (non-hydrogen) atoms. The number of aromatic nitrogens is 4. The van der Waals surface area contributed by atoms with Crippen LogP contribution in [0.2, 0.25) is 0 Å². The molecular weight excluding hydrogens is 420 g/mol. The minimum Gasteiger partial charge on any atom is -0.478 e. The van der Waals surface area contributed by atoms with Crippen molar-refractivity contribution in [3.05, 3.63) is 65.5 Å². The van der Waals surface area contributed by atoms with Crippen molar-refractivity contribution in [3.63, 3.8) is 0 Å². The largest absolute Gasteiger partial charge is 0.478 e. The number of ether oxygens (including phenoxy) is 2. The molecule has 0 saturated heterocycles. The molecule has 2 aromatic heterocycles. The van der Waals surface area contributed by atoms with Crippen LogP contribution < -0.4 is 0 Å². The van der Waals surface area contributed by atoms with Gasteiger partial charge in [-0.25, -0.2) is 14.5 Å². The van der Waals surface area contributed by atoms with Crippen molar-refractivity contribution in [2.45, 2.75) is 58.3 Å². The van der Waals surface area contributed by atoms with E-state index in [-0.39, 0.29) is 5.56 Å². The second kappa shape index (κ2) is 11.2. The minimum absolute atomic E-state index is 0.181. The van der Waals surface area contributed by atoms with E-state index in [9.17, 15) is 9.90 Å². The summed E-state index contributed by atoms with van der Waals surface area (Å²) in [6.07, 6.45) is 7.42. The third-order valence-corrected chi connectivity index (χ3v) is 5.87. The maximum Gasteiger partial charge on any atom is 0.337 e. The minimum atomic E-state index is -0.995. The lowest BCUT2D eigenvalue weighted by Crippen LogP contribution is -2.31. The fraction of sp³-hybridized carbons (Fsp3) is 0.440. The van der Waals surface area contributed by atoms with E-state index in [1.165, 1.54) is 6.20 Å². The van der Waals surface area contributed by atoms with Gasteiger partial charge in [0.05, 0.1) is 5.56 Å². The van der Waals surface area contributed by atoms with Crippen LogP contribution in [0.1, 0.15) is 67.1 Å². The highest BCUT2D eigenvalue weighted by Crippen LogP contribution is 2.28. The molecule has 1 N–H and O–H groups in total. The maximum atomic E-state index is 11.5. The van der Waals surface area contributed by atoms with Crippen LogP contribution in [0, 0.1) is 0 Å². The molecule has 3 aromatic rings. The number of aromatic carboxylic acids is 1. The predicted octanol–water partition coefficient (Wildman–Crippen LogP) is 4.67. The number of unbranched alkanes of at least 4 members (excludes halogenated alkanes) is 2. The number of benzene rings is 1. The van der Waals surface area contributed by atoms with E-state index in [0.717, 1.165) is 42.8 Å². The lowest BCUT2D eigenvalue weighted by atomic mass is 10.00. The molecule has 0 fully saturated rings. The normalized spacial score (nSPS) is 11.6. The number of aryl methyl sites for hydroxylation is 1. The van der Waals surface area contributed by atoms with Gasteiger partial charge in [0, 0.05) is 46.0 Å². The van der Waals surface area contributed by atoms with Crippen LogP contribution in [0.5, 0.6) is 0 Å². The molecule has 0 radical (unpaired) electrons. The summed E-state index contributed by atoms with van der Waals surface area (Å²) in [4.78, 5) is 20.3. The van der Waals surface area contributed by atoms with E-state index < -0.39 is 11.8 Å².